The number of ether oxygens (including phenoxy) is 1. The third-order valence-electron chi connectivity index (χ3n) is 1.75. The van der Waals surface area contributed by atoms with Crippen LogP contribution >= 0.6 is 9.24 Å². The Kier molecular flexibility index (Phi) is 15.2. The van der Waals surface area contributed by atoms with Crippen LogP contribution in [-0.2, 0) is 4.74 Å². The summed E-state index contributed by atoms with van der Waals surface area (Å²) in [6.07, 6.45) is 9.20. The normalized spacial score (nSPS) is 11.0. The van der Waals surface area contributed by atoms with Gasteiger partial charge in [-0.1, -0.05) is 57.1 Å². The van der Waals surface area contributed by atoms with Crippen LogP contribution in [0.4, 0.5) is 0 Å². The zero-order valence-corrected chi connectivity index (χ0v) is 13.6. The van der Waals surface area contributed by atoms with Gasteiger partial charge in [0, 0.05) is 0 Å². The van der Waals surface area contributed by atoms with Gasteiger partial charge in [0.15, 0.2) is 0 Å². The zero-order chi connectivity index (χ0) is 15.1. The van der Waals surface area contributed by atoms with Crippen LogP contribution < -0.4 is 0 Å². The van der Waals surface area contributed by atoms with Crippen LogP contribution in [0.15, 0.2) is 60.2 Å². The summed E-state index contributed by atoms with van der Waals surface area (Å²) in [5.74, 6) is 6.51. The summed E-state index contributed by atoms with van der Waals surface area (Å²) in [4.78, 5) is 0. The van der Waals surface area contributed by atoms with Crippen molar-refractivity contribution in [3.63, 3.8) is 0 Å². The Hall–Kier alpha value is -1.51. The Morgan fingerprint density at radius 2 is 2.00 bits per heavy atom. The molecule has 0 spiro atoms. The lowest BCUT2D eigenvalue weighted by atomic mass is 10.3. The Morgan fingerprint density at radius 3 is 2.53 bits per heavy atom. The largest absolute Gasteiger partial charge is 0.482 e. The van der Waals surface area contributed by atoms with E-state index in [9.17, 15) is 0 Å². The number of allylic oxidation sites excluding steroid dienone is 7. The van der Waals surface area contributed by atoms with Crippen LogP contribution in [0.2, 0.25) is 0 Å². The molecule has 0 saturated carbocycles. The molecular weight excluding hydrogens is 251 g/mol. The van der Waals surface area contributed by atoms with Gasteiger partial charge < -0.3 is 4.74 Å². The van der Waals surface area contributed by atoms with Gasteiger partial charge in [0.1, 0.15) is 12.4 Å². The highest BCUT2D eigenvalue weighted by atomic mass is 31.0. The monoisotopic (exact) mass is 276 g/mol. The molecule has 1 atom stereocenters. The summed E-state index contributed by atoms with van der Waals surface area (Å²) in [6, 6.07) is 0. The van der Waals surface area contributed by atoms with E-state index in [1.165, 1.54) is 0 Å². The second-order valence-corrected chi connectivity index (χ2v) is 3.93. The average molecular weight is 276 g/mol. The van der Waals surface area contributed by atoms with E-state index in [0.29, 0.717) is 12.4 Å². The van der Waals surface area contributed by atoms with Crippen molar-refractivity contribution in [2.45, 2.75) is 27.7 Å². The average Bonchev–Trinajstić information content (AvgIpc) is 2.43. The summed E-state index contributed by atoms with van der Waals surface area (Å²) >= 11 is 0. The Bertz CT molecular complexity index is 414. The molecule has 0 bridgehead atoms. The van der Waals surface area contributed by atoms with Gasteiger partial charge in [-0.2, -0.15) is 0 Å². The number of rotatable bonds is 5. The van der Waals surface area contributed by atoms with Crippen LogP contribution in [0.25, 0.3) is 0 Å². The van der Waals surface area contributed by atoms with Gasteiger partial charge in [0.2, 0.25) is 0 Å². The van der Waals surface area contributed by atoms with Crippen LogP contribution in [0.1, 0.15) is 27.7 Å². The second kappa shape index (κ2) is 14.6. The molecular formula is C17H25OP. The summed E-state index contributed by atoms with van der Waals surface area (Å²) in [6.45, 7) is 15.6. The third-order valence-corrected chi connectivity index (χ3v) is 2.25. The smallest absolute Gasteiger partial charge is 0.149 e. The van der Waals surface area contributed by atoms with Crippen molar-refractivity contribution in [2.24, 2.45) is 0 Å². The first-order valence-electron chi connectivity index (χ1n) is 6.30. The maximum absolute atomic E-state index is 5.28. The topological polar surface area (TPSA) is 9.23 Å². The van der Waals surface area contributed by atoms with E-state index in [1.54, 1.807) is 18.2 Å². The van der Waals surface area contributed by atoms with Crippen molar-refractivity contribution in [2.75, 3.05) is 6.61 Å². The second-order valence-electron chi connectivity index (χ2n) is 3.27. The first kappa shape index (κ1) is 19.8. The van der Waals surface area contributed by atoms with Gasteiger partial charge in [0.25, 0.3) is 0 Å². The minimum atomic E-state index is 0.341. The molecule has 0 aliphatic heterocycles. The fraction of sp³-hybridized carbons (Fsp3) is 0.294. The summed E-state index contributed by atoms with van der Waals surface area (Å²) in [5.41, 5.74) is 1.00. The fourth-order valence-electron chi connectivity index (χ4n) is 0.897. The minimum absolute atomic E-state index is 0.341. The van der Waals surface area contributed by atoms with Crippen molar-refractivity contribution >= 4 is 9.24 Å². The first-order valence-corrected chi connectivity index (χ1v) is 6.87. The molecule has 0 N–H and O–H groups in total. The molecule has 0 aliphatic carbocycles. The summed E-state index contributed by atoms with van der Waals surface area (Å²) in [7, 11) is 2.64. The van der Waals surface area contributed by atoms with Crippen LogP contribution in [0, 0.1) is 11.8 Å². The Morgan fingerprint density at radius 1 is 1.37 bits per heavy atom. The van der Waals surface area contributed by atoms with E-state index >= 15 is 0 Å². The third kappa shape index (κ3) is 14.4. The molecule has 0 aromatic heterocycles. The van der Waals surface area contributed by atoms with E-state index in [0.717, 1.165) is 10.9 Å². The van der Waals surface area contributed by atoms with Crippen LogP contribution in [-0.4, -0.2) is 6.61 Å². The molecule has 19 heavy (non-hydrogen) atoms. The molecule has 0 amide bonds. The van der Waals surface area contributed by atoms with E-state index in [-0.39, 0.29) is 0 Å². The van der Waals surface area contributed by atoms with Crippen molar-refractivity contribution in [3.05, 3.63) is 60.2 Å². The van der Waals surface area contributed by atoms with E-state index < -0.39 is 0 Å². The van der Waals surface area contributed by atoms with E-state index in [1.807, 2.05) is 39.8 Å². The molecule has 1 unspecified atom stereocenters. The molecule has 0 radical (unpaired) electrons. The van der Waals surface area contributed by atoms with Crippen molar-refractivity contribution < 1.29 is 4.74 Å². The molecule has 0 aromatic rings. The molecule has 0 saturated heterocycles. The maximum Gasteiger partial charge on any atom is 0.149 e. The lowest BCUT2D eigenvalue weighted by molar-refractivity contribution is 0.269. The highest BCUT2D eigenvalue weighted by Gasteiger charge is 1.85. The van der Waals surface area contributed by atoms with Crippen molar-refractivity contribution in [3.8, 4) is 11.8 Å². The van der Waals surface area contributed by atoms with Gasteiger partial charge in [-0.15, -0.1) is 9.24 Å². The highest BCUT2D eigenvalue weighted by molar-refractivity contribution is 7.22. The standard InChI is InChI=1S/C15H19OP.C2H6/c1-5-7-10-14(4)16-11-8-9-13(3)12-15(17)6-2;1-2/h5-7,10,12H,1,4,11,17H2,2-3H3;1-2H3/b10-7-,13-12+,15-6+;. The predicted molar refractivity (Wildman–Crippen MR) is 90.8 cm³/mol. The fourth-order valence-corrected chi connectivity index (χ4v) is 1.15. The summed E-state index contributed by atoms with van der Waals surface area (Å²) < 4.78 is 5.28. The lowest BCUT2D eigenvalue weighted by Crippen LogP contribution is -1.88. The molecule has 104 valence electrons. The molecule has 0 rings (SSSR count). The number of hydrogen-bond donors (Lipinski definition) is 0. The van der Waals surface area contributed by atoms with E-state index in [4.69, 9.17) is 4.74 Å². The van der Waals surface area contributed by atoms with E-state index in [2.05, 4.69) is 34.2 Å². The lowest BCUT2D eigenvalue weighted by Gasteiger charge is -1.98. The molecule has 0 fully saturated rings. The van der Waals surface area contributed by atoms with Crippen LogP contribution in [0.3, 0.4) is 0 Å². The minimum Gasteiger partial charge on any atom is -0.482 e. The quantitative estimate of drug-likeness (QED) is 0.297. The zero-order valence-electron chi connectivity index (χ0n) is 12.5. The van der Waals surface area contributed by atoms with Gasteiger partial charge in [-0.25, -0.2) is 0 Å². The van der Waals surface area contributed by atoms with Gasteiger partial charge >= 0.3 is 0 Å². The first-order chi connectivity index (χ1) is 9.10. The highest BCUT2D eigenvalue weighted by Crippen LogP contribution is 2.08. The maximum atomic E-state index is 5.28. The Balaban J connectivity index is 0. The summed E-state index contributed by atoms with van der Waals surface area (Å²) in [5, 5.41) is 1.12. The Labute approximate surface area is 121 Å². The van der Waals surface area contributed by atoms with Crippen LogP contribution in [0.5, 0.6) is 0 Å². The van der Waals surface area contributed by atoms with Crippen molar-refractivity contribution in [1.82, 2.24) is 0 Å². The molecule has 0 heterocycles. The predicted octanol–water partition coefficient (Wildman–Crippen LogP) is 5.01. The molecule has 2 heteroatoms. The molecule has 0 aliphatic rings. The van der Waals surface area contributed by atoms with Gasteiger partial charge in [-0.3, -0.25) is 0 Å². The molecule has 0 aromatic carbocycles. The van der Waals surface area contributed by atoms with Gasteiger partial charge in [0.05, 0.1) is 0 Å². The molecule has 1 nitrogen and oxygen atoms in total. The number of hydrogen-bond acceptors (Lipinski definition) is 1. The van der Waals surface area contributed by atoms with Crippen molar-refractivity contribution in [1.29, 1.82) is 0 Å². The SMILES string of the molecule is C=C/C=C\C(=C)OCC#C/C(C)=C/C(P)=C\C.CC. The van der Waals surface area contributed by atoms with Gasteiger partial charge in [-0.05, 0) is 36.9 Å².